The average Bonchev–Trinajstić information content (AvgIpc) is 2.09. The summed E-state index contributed by atoms with van der Waals surface area (Å²) in [6.07, 6.45) is 1.19. The summed E-state index contributed by atoms with van der Waals surface area (Å²) < 4.78 is 10.2. The lowest BCUT2D eigenvalue weighted by atomic mass is 10.2. The van der Waals surface area contributed by atoms with Gasteiger partial charge in [0.05, 0.1) is 0 Å². The van der Waals surface area contributed by atoms with Gasteiger partial charge in [-0.15, -0.1) is 0 Å². The second-order valence-corrected chi connectivity index (χ2v) is 9.07. The highest BCUT2D eigenvalue weighted by atomic mass is 32.3. The van der Waals surface area contributed by atoms with E-state index in [0.29, 0.717) is 0 Å². The molecule has 0 heterocycles. The number of primary amides is 1. The van der Waals surface area contributed by atoms with Crippen molar-refractivity contribution < 1.29 is 23.9 Å². The van der Waals surface area contributed by atoms with Crippen molar-refractivity contribution in [2.75, 3.05) is 6.26 Å². The quantitative estimate of drug-likeness (QED) is 0.691. The zero-order chi connectivity index (χ0) is 15.6. The zero-order valence-corrected chi connectivity index (χ0v) is 13.3. The third-order valence-electron chi connectivity index (χ3n) is 1.85. The number of rotatable bonds is 0. The maximum absolute atomic E-state index is 12.1. The fourth-order valence-electron chi connectivity index (χ4n) is 0.899. The maximum Gasteiger partial charge on any atom is 0.368 e. The first kappa shape index (κ1) is 17.8. The Morgan fingerprint density at radius 3 is 1.26 bits per heavy atom. The lowest BCUT2D eigenvalue weighted by molar-refractivity contribution is 0.0684. The summed E-state index contributed by atoms with van der Waals surface area (Å²) in [5, 5.41) is -2.88. The molecule has 0 saturated heterocycles. The molecule has 0 atom stereocenters. The van der Waals surface area contributed by atoms with Crippen LogP contribution < -0.4 is 5.73 Å². The number of ether oxygens (including phenoxy) is 2. The largest absolute Gasteiger partial charge is 0.452 e. The van der Waals surface area contributed by atoms with Crippen LogP contribution in [0.25, 0.3) is 0 Å². The molecule has 1 amide bonds. The van der Waals surface area contributed by atoms with E-state index in [-0.39, 0.29) is 0 Å². The molecule has 0 aromatic rings. The molecule has 112 valence electrons. The normalized spacial score (nSPS) is 13.6. The predicted octanol–water partition coefficient (Wildman–Crippen LogP) is 3.37. The van der Waals surface area contributed by atoms with E-state index in [1.54, 1.807) is 41.5 Å². The molecule has 2 N–H and O–H groups in total. The van der Waals surface area contributed by atoms with E-state index in [1.165, 1.54) is 6.26 Å². The highest BCUT2D eigenvalue weighted by Crippen LogP contribution is 2.49. The second kappa shape index (κ2) is 5.40. The minimum absolute atomic E-state index is 0.817. The Balaban J connectivity index is 5.33. The van der Waals surface area contributed by atoms with E-state index < -0.39 is 37.1 Å². The zero-order valence-electron chi connectivity index (χ0n) is 12.5. The lowest BCUT2D eigenvalue weighted by Gasteiger charge is -2.32. The molecule has 0 unspecified atom stereocenters. The molecule has 0 radical (unpaired) electrons. The molecule has 0 saturated carbocycles. The van der Waals surface area contributed by atoms with Crippen LogP contribution >= 0.6 is 10.0 Å². The summed E-state index contributed by atoms with van der Waals surface area (Å²) in [7, 11) is -3.16. The van der Waals surface area contributed by atoms with Crippen LogP contribution in [-0.4, -0.2) is 33.3 Å². The first-order valence-corrected chi connectivity index (χ1v) is 7.78. The minimum atomic E-state index is -3.16. The van der Waals surface area contributed by atoms with Crippen LogP contribution in [0.5, 0.6) is 0 Å². The van der Waals surface area contributed by atoms with Gasteiger partial charge < -0.3 is 15.2 Å². The standard InChI is InChI=1S/C12H23NO5S/c1-11(2,3)17-9(15)19(7,8(13)14)10(16)18-12(4,5)6/h1-7H3,(H2,13,14). The summed E-state index contributed by atoms with van der Waals surface area (Å²) in [4.78, 5) is 35.7. The van der Waals surface area contributed by atoms with Gasteiger partial charge in [-0.3, -0.25) is 4.79 Å². The molecule has 6 nitrogen and oxygen atoms in total. The predicted molar refractivity (Wildman–Crippen MR) is 75.6 cm³/mol. The molecule has 0 aromatic carbocycles. The molecule has 7 heteroatoms. The number of amides is 1. The van der Waals surface area contributed by atoms with Crippen LogP contribution in [0.2, 0.25) is 0 Å². The Hall–Kier alpha value is -1.24. The third-order valence-corrected chi connectivity index (χ3v) is 4.15. The minimum Gasteiger partial charge on any atom is -0.452 e. The molecular formula is C12H23NO5S. The summed E-state index contributed by atoms with van der Waals surface area (Å²) in [6, 6.07) is 0. The van der Waals surface area contributed by atoms with Gasteiger partial charge in [-0.1, -0.05) is 0 Å². The highest BCUT2D eigenvalue weighted by Gasteiger charge is 2.47. The van der Waals surface area contributed by atoms with Crippen LogP contribution in [0.15, 0.2) is 0 Å². The van der Waals surface area contributed by atoms with Crippen molar-refractivity contribution in [1.29, 1.82) is 0 Å². The van der Waals surface area contributed by atoms with Gasteiger partial charge >= 0.3 is 10.6 Å². The fraction of sp³-hybridized carbons (Fsp3) is 0.750. The van der Waals surface area contributed by atoms with Gasteiger partial charge in [0.1, 0.15) is 11.2 Å². The summed E-state index contributed by atoms with van der Waals surface area (Å²) >= 11 is 0. The van der Waals surface area contributed by atoms with Crippen LogP contribution in [0.1, 0.15) is 41.5 Å². The molecule has 0 spiro atoms. The van der Waals surface area contributed by atoms with Crippen molar-refractivity contribution in [3.63, 3.8) is 0 Å². The smallest absolute Gasteiger partial charge is 0.368 e. The van der Waals surface area contributed by atoms with Gasteiger partial charge in [-0.25, -0.2) is 9.59 Å². The molecule has 0 aliphatic heterocycles. The van der Waals surface area contributed by atoms with Crippen LogP contribution in [-0.2, 0) is 9.47 Å². The molecule has 0 aromatic heterocycles. The average molecular weight is 293 g/mol. The Labute approximate surface area is 115 Å². The third kappa shape index (κ3) is 5.10. The Morgan fingerprint density at radius 1 is 0.842 bits per heavy atom. The first-order chi connectivity index (χ1) is 8.20. The van der Waals surface area contributed by atoms with E-state index in [0.717, 1.165) is 0 Å². The van der Waals surface area contributed by atoms with Crippen molar-refractivity contribution >= 4 is 25.9 Å². The number of carbonyl (C=O) groups is 3. The number of nitrogens with two attached hydrogens (primary N) is 1. The SMILES string of the molecule is CC(C)(C)OC(=O)S(C)(C(N)=O)C(=O)OC(C)(C)C. The van der Waals surface area contributed by atoms with Gasteiger partial charge in [-0.05, 0) is 47.8 Å². The van der Waals surface area contributed by atoms with Crippen LogP contribution in [0.3, 0.4) is 0 Å². The van der Waals surface area contributed by atoms with Gasteiger partial charge in [0.25, 0.3) is 5.24 Å². The Morgan fingerprint density at radius 2 is 1.11 bits per heavy atom. The van der Waals surface area contributed by atoms with E-state index >= 15 is 0 Å². The van der Waals surface area contributed by atoms with E-state index in [4.69, 9.17) is 15.2 Å². The summed E-state index contributed by atoms with van der Waals surface area (Å²) in [5.41, 5.74) is 3.57. The number of hydrogen-bond acceptors (Lipinski definition) is 5. The molecule has 0 aliphatic carbocycles. The topological polar surface area (TPSA) is 95.7 Å². The van der Waals surface area contributed by atoms with Gasteiger partial charge in [-0.2, -0.15) is 0 Å². The molecule has 0 aliphatic rings. The molecule has 0 rings (SSSR count). The van der Waals surface area contributed by atoms with Crippen LogP contribution in [0.4, 0.5) is 14.4 Å². The fourth-order valence-corrected chi connectivity index (χ4v) is 2.20. The van der Waals surface area contributed by atoms with E-state index in [2.05, 4.69) is 0 Å². The molecular weight excluding hydrogens is 270 g/mol. The van der Waals surface area contributed by atoms with Crippen molar-refractivity contribution in [3.8, 4) is 0 Å². The monoisotopic (exact) mass is 293 g/mol. The van der Waals surface area contributed by atoms with Crippen molar-refractivity contribution in [2.24, 2.45) is 5.73 Å². The molecule has 0 bridgehead atoms. The lowest BCUT2D eigenvalue weighted by Crippen LogP contribution is -2.38. The van der Waals surface area contributed by atoms with Gasteiger partial charge in [0.2, 0.25) is 0 Å². The van der Waals surface area contributed by atoms with E-state index in [1.807, 2.05) is 0 Å². The Bertz CT molecular complexity index is 364. The van der Waals surface area contributed by atoms with Crippen molar-refractivity contribution in [3.05, 3.63) is 0 Å². The van der Waals surface area contributed by atoms with Crippen LogP contribution in [0, 0.1) is 0 Å². The number of hydrogen-bond donors (Lipinski definition) is 1. The molecule has 0 fully saturated rings. The van der Waals surface area contributed by atoms with Crippen molar-refractivity contribution in [2.45, 2.75) is 52.7 Å². The van der Waals surface area contributed by atoms with Gasteiger partial charge in [0.15, 0.2) is 0 Å². The van der Waals surface area contributed by atoms with Gasteiger partial charge in [0, 0.05) is 10.0 Å². The molecule has 19 heavy (non-hydrogen) atoms. The summed E-state index contributed by atoms with van der Waals surface area (Å²) in [6.45, 7) is 9.84. The first-order valence-electron chi connectivity index (χ1n) is 5.74. The van der Waals surface area contributed by atoms with Crippen molar-refractivity contribution in [1.82, 2.24) is 0 Å². The Kier molecular flexibility index (Phi) is 5.05. The highest BCUT2D eigenvalue weighted by molar-refractivity contribution is 8.64. The maximum atomic E-state index is 12.1. The van der Waals surface area contributed by atoms with E-state index in [9.17, 15) is 14.4 Å². The second-order valence-electron chi connectivity index (χ2n) is 6.17. The summed E-state index contributed by atoms with van der Waals surface area (Å²) in [5.74, 6) is 0. The number of carbonyl (C=O) groups excluding carboxylic acids is 3.